The van der Waals surface area contributed by atoms with E-state index in [-0.39, 0.29) is 4.90 Å². The van der Waals surface area contributed by atoms with Gasteiger partial charge in [-0.15, -0.1) is 0 Å². The largest absolute Gasteiger partial charge is 0.488 e. The number of halogens is 1. The smallest absolute Gasteiger partial charge is 0.255 e. The first-order valence-electron chi connectivity index (χ1n) is 10.7. The van der Waals surface area contributed by atoms with Gasteiger partial charge in [0.2, 0.25) is 10.0 Å². The van der Waals surface area contributed by atoms with E-state index in [1.165, 1.54) is 18.3 Å². The average Bonchev–Trinajstić information content (AvgIpc) is 2.87. The van der Waals surface area contributed by atoms with Crippen LogP contribution in [0.5, 0.6) is 5.75 Å². The molecule has 0 unspecified atom stereocenters. The van der Waals surface area contributed by atoms with Crippen LogP contribution in [0.2, 0.25) is 0 Å². The van der Waals surface area contributed by atoms with E-state index in [9.17, 15) is 13.2 Å². The van der Waals surface area contributed by atoms with Gasteiger partial charge in [-0.2, -0.15) is 5.10 Å². The standard InChI is InChI=1S/C26H22BrN3O4S/c27-21-9-6-7-19(15-21)18-34-25-14-13-20-8-4-5-12-23(20)24(25)16-28-30-26(31)17-29-35(32,33)22-10-2-1-3-11-22/h1-16,29H,17-18H2,(H,30,31)/b28-16+. The number of carbonyl (C=O) groups is 1. The van der Waals surface area contributed by atoms with E-state index in [0.717, 1.165) is 20.8 Å². The molecule has 0 radical (unpaired) electrons. The maximum absolute atomic E-state index is 12.3. The van der Waals surface area contributed by atoms with Crippen molar-refractivity contribution < 1.29 is 17.9 Å². The summed E-state index contributed by atoms with van der Waals surface area (Å²) in [6.07, 6.45) is 1.50. The molecule has 0 aliphatic heterocycles. The van der Waals surface area contributed by atoms with E-state index >= 15 is 0 Å². The van der Waals surface area contributed by atoms with Crippen LogP contribution >= 0.6 is 15.9 Å². The van der Waals surface area contributed by atoms with E-state index in [1.54, 1.807) is 18.2 Å². The average molecular weight is 552 g/mol. The lowest BCUT2D eigenvalue weighted by Gasteiger charge is -2.12. The van der Waals surface area contributed by atoms with Crippen molar-refractivity contribution in [1.29, 1.82) is 0 Å². The molecule has 4 aromatic rings. The summed E-state index contributed by atoms with van der Waals surface area (Å²) in [5, 5.41) is 5.94. The molecule has 2 N–H and O–H groups in total. The highest BCUT2D eigenvalue weighted by Gasteiger charge is 2.14. The number of hydrazone groups is 1. The van der Waals surface area contributed by atoms with E-state index in [4.69, 9.17) is 4.74 Å². The van der Waals surface area contributed by atoms with Crippen molar-refractivity contribution in [3.05, 3.63) is 107 Å². The second-order valence-electron chi connectivity index (χ2n) is 7.55. The fraction of sp³-hybridized carbons (Fsp3) is 0.0769. The van der Waals surface area contributed by atoms with Crippen LogP contribution in [-0.4, -0.2) is 27.1 Å². The minimum Gasteiger partial charge on any atom is -0.488 e. The first-order chi connectivity index (χ1) is 16.9. The number of nitrogens with one attached hydrogen (secondary N) is 2. The highest BCUT2D eigenvalue weighted by Crippen LogP contribution is 2.27. The summed E-state index contributed by atoms with van der Waals surface area (Å²) < 4.78 is 33.9. The van der Waals surface area contributed by atoms with Crippen molar-refractivity contribution in [3.8, 4) is 5.75 Å². The summed E-state index contributed by atoms with van der Waals surface area (Å²) >= 11 is 3.46. The molecular formula is C26H22BrN3O4S. The van der Waals surface area contributed by atoms with Crippen molar-refractivity contribution in [1.82, 2.24) is 10.1 Å². The van der Waals surface area contributed by atoms with Crippen LogP contribution in [0.25, 0.3) is 10.8 Å². The Morgan fingerprint density at radius 1 is 0.943 bits per heavy atom. The second-order valence-corrected chi connectivity index (χ2v) is 10.2. The summed E-state index contributed by atoms with van der Waals surface area (Å²) in [5.74, 6) is 0.00375. The molecule has 0 saturated carbocycles. The van der Waals surface area contributed by atoms with Gasteiger partial charge in [-0.1, -0.05) is 76.6 Å². The van der Waals surface area contributed by atoms with Crippen molar-refractivity contribution in [2.24, 2.45) is 5.10 Å². The van der Waals surface area contributed by atoms with E-state index < -0.39 is 22.5 Å². The van der Waals surface area contributed by atoms with E-state index in [1.807, 2.05) is 60.7 Å². The van der Waals surface area contributed by atoms with Crippen LogP contribution in [0.1, 0.15) is 11.1 Å². The number of nitrogens with zero attached hydrogens (tertiary/aromatic N) is 1. The Morgan fingerprint density at radius 3 is 2.51 bits per heavy atom. The molecule has 0 aliphatic carbocycles. The fourth-order valence-corrected chi connectivity index (χ4v) is 4.82. The lowest BCUT2D eigenvalue weighted by Crippen LogP contribution is -2.34. The first kappa shape index (κ1) is 24.6. The Bertz CT molecular complexity index is 1470. The van der Waals surface area contributed by atoms with Crippen molar-refractivity contribution >= 4 is 48.8 Å². The molecular weight excluding hydrogens is 530 g/mol. The van der Waals surface area contributed by atoms with Gasteiger partial charge in [0, 0.05) is 10.0 Å². The Kier molecular flexibility index (Phi) is 7.91. The molecule has 4 rings (SSSR count). The summed E-state index contributed by atoms with van der Waals surface area (Å²) in [6.45, 7) is -0.0947. The van der Waals surface area contributed by atoms with Crippen molar-refractivity contribution in [2.45, 2.75) is 11.5 Å². The number of fused-ring (bicyclic) bond motifs is 1. The van der Waals surface area contributed by atoms with E-state index in [0.29, 0.717) is 17.9 Å². The molecule has 0 aromatic heterocycles. The van der Waals surface area contributed by atoms with Crippen LogP contribution in [-0.2, 0) is 21.4 Å². The maximum Gasteiger partial charge on any atom is 0.255 e. The van der Waals surface area contributed by atoms with Gasteiger partial charge in [0.15, 0.2) is 0 Å². The quantitative estimate of drug-likeness (QED) is 0.234. The predicted molar refractivity (Wildman–Crippen MR) is 140 cm³/mol. The van der Waals surface area contributed by atoms with Gasteiger partial charge in [-0.05, 0) is 46.7 Å². The first-order valence-corrected chi connectivity index (χ1v) is 13.0. The molecule has 0 spiro atoms. The number of hydrogen-bond donors (Lipinski definition) is 2. The molecule has 7 nitrogen and oxygen atoms in total. The van der Waals surface area contributed by atoms with Crippen LogP contribution in [0.15, 0.2) is 105 Å². The molecule has 1 amide bonds. The van der Waals surface area contributed by atoms with Crippen molar-refractivity contribution in [3.63, 3.8) is 0 Å². The minimum absolute atomic E-state index is 0.0827. The Labute approximate surface area is 212 Å². The van der Waals surface area contributed by atoms with Gasteiger partial charge in [-0.25, -0.2) is 18.6 Å². The lowest BCUT2D eigenvalue weighted by atomic mass is 10.0. The third kappa shape index (κ3) is 6.54. The maximum atomic E-state index is 12.3. The number of rotatable bonds is 9. The number of hydrogen-bond acceptors (Lipinski definition) is 5. The Morgan fingerprint density at radius 2 is 1.71 bits per heavy atom. The SMILES string of the molecule is O=C(CNS(=O)(=O)c1ccccc1)N/N=C/c1c(OCc2cccc(Br)c2)ccc2ccccc12. The monoisotopic (exact) mass is 551 g/mol. The highest BCUT2D eigenvalue weighted by atomic mass is 79.9. The van der Waals surface area contributed by atoms with Gasteiger partial charge in [-0.3, -0.25) is 4.79 Å². The van der Waals surface area contributed by atoms with Gasteiger partial charge in [0.1, 0.15) is 12.4 Å². The molecule has 35 heavy (non-hydrogen) atoms. The zero-order valence-electron chi connectivity index (χ0n) is 18.5. The predicted octanol–water partition coefficient (Wildman–Crippen LogP) is 4.61. The molecule has 4 aromatic carbocycles. The van der Waals surface area contributed by atoms with Crippen LogP contribution in [0.4, 0.5) is 0 Å². The molecule has 0 aliphatic rings. The van der Waals surface area contributed by atoms with Gasteiger partial charge in [0.25, 0.3) is 5.91 Å². The van der Waals surface area contributed by atoms with Crippen LogP contribution in [0.3, 0.4) is 0 Å². The zero-order chi connectivity index (χ0) is 24.7. The zero-order valence-corrected chi connectivity index (χ0v) is 20.9. The molecule has 9 heteroatoms. The van der Waals surface area contributed by atoms with Crippen molar-refractivity contribution in [2.75, 3.05) is 6.54 Å². The third-order valence-corrected chi connectivity index (χ3v) is 6.98. The number of ether oxygens (including phenoxy) is 1. The number of benzene rings is 4. The Balaban J connectivity index is 1.46. The van der Waals surface area contributed by atoms with Gasteiger partial charge >= 0.3 is 0 Å². The normalized spacial score (nSPS) is 11.6. The number of sulfonamides is 1. The molecule has 0 heterocycles. The Hall–Kier alpha value is -3.53. The van der Waals surface area contributed by atoms with E-state index in [2.05, 4.69) is 31.2 Å². The molecule has 178 valence electrons. The molecule has 0 saturated heterocycles. The van der Waals surface area contributed by atoms with Crippen LogP contribution < -0.4 is 14.9 Å². The number of carbonyl (C=O) groups excluding carboxylic acids is 1. The summed E-state index contributed by atoms with van der Waals surface area (Å²) in [5.41, 5.74) is 4.06. The summed E-state index contributed by atoms with van der Waals surface area (Å²) in [6, 6.07) is 27.2. The highest BCUT2D eigenvalue weighted by molar-refractivity contribution is 9.10. The molecule has 0 bridgehead atoms. The minimum atomic E-state index is -3.79. The van der Waals surface area contributed by atoms with Crippen LogP contribution in [0, 0.1) is 0 Å². The topological polar surface area (TPSA) is 96.9 Å². The summed E-state index contributed by atoms with van der Waals surface area (Å²) in [4.78, 5) is 12.3. The molecule has 0 fully saturated rings. The van der Waals surface area contributed by atoms with Gasteiger partial charge < -0.3 is 4.74 Å². The summed E-state index contributed by atoms with van der Waals surface area (Å²) in [7, 11) is -3.79. The molecule has 0 atom stereocenters. The number of amides is 1. The second kappa shape index (κ2) is 11.3. The van der Waals surface area contributed by atoms with Gasteiger partial charge in [0.05, 0.1) is 17.7 Å². The fourth-order valence-electron chi connectivity index (χ4n) is 3.37. The third-order valence-electron chi connectivity index (χ3n) is 5.07. The lowest BCUT2D eigenvalue weighted by molar-refractivity contribution is -0.119.